The molecule has 0 radical (unpaired) electrons. The van der Waals surface area contributed by atoms with E-state index in [1.807, 2.05) is 30.1 Å². The monoisotopic (exact) mass is 467 g/mol. The van der Waals surface area contributed by atoms with E-state index in [1.165, 1.54) is 0 Å². The lowest BCUT2D eigenvalue weighted by Gasteiger charge is -2.25. The first-order chi connectivity index (χ1) is 14.9. The first-order valence-corrected chi connectivity index (χ1v) is 11.1. The lowest BCUT2D eigenvalue weighted by atomic mass is 9.90. The number of aromatic nitrogens is 1. The summed E-state index contributed by atoms with van der Waals surface area (Å²) in [5.74, 6) is -1.79. The molecule has 0 atom stereocenters. The van der Waals surface area contributed by atoms with Crippen molar-refractivity contribution in [3.05, 3.63) is 52.3 Å². The molecule has 0 saturated carbocycles. The molecule has 1 aromatic heterocycles. The van der Waals surface area contributed by atoms with Crippen LogP contribution in [0.15, 0.2) is 30.5 Å². The van der Waals surface area contributed by atoms with E-state index in [4.69, 9.17) is 11.6 Å². The molecule has 0 aliphatic carbocycles. The third kappa shape index (κ3) is 5.74. The van der Waals surface area contributed by atoms with E-state index in [2.05, 4.69) is 25.8 Å². The minimum absolute atomic E-state index is 0.00346. The van der Waals surface area contributed by atoms with Crippen LogP contribution in [0, 0.1) is 5.41 Å². The minimum Gasteiger partial charge on any atom is -0.342 e. The molecule has 3 rings (SSSR count). The van der Waals surface area contributed by atoms with Crippen molar-refractivity contribution < 1.29 is 18.0 Å². The number of carbonyl (C=O) groups excluding carboxylic acids is 1. The van der Waals surface area contributed by atoms with E-state index in [0.29, 0.717) is 17.9 Å². The molecular formula is C24H29ClF3N3O. The number of amides is 1. The number of fused-ring (bicyclic) bond motifs is 1. The van der Waals surface area contributed by atoms with Crippen LogP contribution in [-0.2, 0) is 24.1 Å². The van der Waals surface area contributed by atoms with Crippen molar-refractivity contribution in [1.29, 1.82) is 0 Å². The topological polar surface area (TPSA) is 36.4 Å². The van der Waals surface area contributed by atoms with Gasteiger partial charge in [0.25, 0.3) is 0 Å². The van der Waals surface area contributed by atoms with Crippen molar-refractivity contribution in [1.82, 2.24) is 9.88 Å². The van der Waals surface area contributed by atoms with Crippen molar-refractivity contribution in [3.8, 4) is 0 Å². The van der Waals surface area contributed by atoms with E-state index < -0.39 is 12.1 Å². The molecule has 2 aromatic rings. The highest BCUT2D eigenvalue weighted by atomic mass is 35.5. The maximum atomic E-state index is 12.9. The summed E-state index contributed by atoms with van der Waals surface area (Å²) >= 11 is 6.54. The van der Waals surface area contributed by atoms with E-state index in [-0.39, 0.29) is 18.5 Å². The van der Waals surface area contributed by atoms with Gasteiger partial charge < -0.3 is 9.80 Å². The zero-order valence-corrected chi connectivity index (χ0v) is 19.6. The molecule has 1 aliphatic rings. The van der Waals surface area contributed by atoms with Gasteiger partial charge in [-0.2, -0.15) is 13.2 Å². The maximum absolute atomic E-state index is 12.9. The van der Waals surface area contributed by atoms with E-state index >= 15 is 0 Å². The second-order valence-corrected chi connectivity index (χ2v) is 9.86. The third-order valence-electron chi connectivity index (χ3n) is 5.81. The molecule has 8 heteroatoms. The van der Waals surface area contributed by atoms with Gasteiger partial charge in [0.1, 0.15) is 0 Å². The van der Waals surface area contributed by atoms with Gasteiger partial charge in [-0.15, -0.1) is 0 Å². The number of pyridine rings is 1. The molecule has 0 fully saturated rings. The zero-order chi connectivity index (χ0) is 23.7. The molecule has 1 aromatic carbocycles. The number of alkyl halides is 3. The van der Waals surface area contributed by atoms with Gasteiger partial charge in [-0.1, -0.05) is 38.4 Å². The molecule has 0 unspecified atom stereocenters. The van der Waals surface area contributed by atoms with Crippen LogP contribution in [0.4, 0.5) is 24.5 Å². The van der Waals surface area contributed by atoms with E-state index in [1.54, 1.807) is 12.3 Å². The van der Waals surface area contributed by atoms with Crippen molar-refractivity contribution in [2.24, 2.45) is 5.41 Å². The summed E-state index contributed by atoms with van der Waals surface area (Å²) in [6, 6.07) is 7.58. The van der Waals surface area contributed by atoms with Gasteiger partial charge in [-0.25, -0.2) is 0 Å². The normalized spacial score (nSPS) is 14.7. The van der Waals surface area contributed by atoms with Crippen molar-refractivity contribution in [2.75, 3.05) is 25.0 Å². The fourth-order valence-corrected chi connectivity index (χ4v) is 4.22. The van der Waals surface area contributed by atoms with Gasteiger partial charge in [0, 0.05) is 25.8 Å². The number of halogens is 4. The second kappa shape index (κ2) is 9.30. The number of carbonyl (C=O) groups is 1. The third-order valence-corrected chi connectivity index (χ3v) is 6.11. The van der Waals surface area contributed by atoms with Crippen molar-refractivity contribution in [2.45, 2.75) is 52.6 Å². The number of hydrogen-bond acceptors (Lipinski definition) is 3. The zero-order valence-electron chi connectivity index (χ0n) is 18.9. The van der Waals surface area contributed by atoms with Crippen LogP contribution >= 0.6 is 11.6 Å². The van der Waals surface area contributed by atoms with Crippen LogP contribution < -0.4 is 4.90 Å². The van der Waals surface area contributed by atoms with E-state index in [9.17, 15) is 18.0 Å². The van der Waals surface area contributed by atoms with Gasteiger partial charge in [0.05, 0.1) is 22.6 Å². The number of benzene rings is 1. The molecule has 174 valence electrons. The Kier molecular flexibility index (Phi) is 7.08. The summed E-state index contributed by atoms with van der Waals surface area (Å²) in [4.78, 5) is 19.1. The molecule has 1 aliphatic heterocycles. The molecule has 4 nitrogen and oxygen atoms in total. The number of aryl methyl sites for hydroxylation is 1. The lowest BCUT2D eigenvalue weighted by molar-refractivity contribution is -0.185. The highest BCUT2D eigenvalue weighted by molar-refractivity contribution is 6.33. The second-order valence-electron chi connectivity index (χ2n) is 9.45. The average molecular weight is 468 g/mol. The van der Waals surface area contributed by atoms with Crippen LogP contribution in [0.2, 0.25) is 5.02 Å². The van der Waals surface area contributed by atoms with Crippen molar-refractivity contribution in [3.63, 3.8) is 0 Å². The highest BCUT2D eigenvalue weighted by Crippen LogP contribution is 2.37. The summed E-state index contributed by atoms with van der Waals surface area (Å²) < 4.78 is 38.7. The number of hydrogen-bond donors (Lipinski definition) is 0. The Morgan fingerprint density at radius 2 is 1.81 bits per heavy atom. The Labute approximate surface area is 192 Å². The molecule has 0 bridgehead atoms. The fraction of sp³-hybridized carbons (Fsp3) is 0.500. The molecule has 2 heterocycles. The summed E-state index contributed by atoms with van der Waals surface area (Å²) in [5.41, 5.74) is 4.60. The van der Waals surface area contributed by atoms with Crippen molar-refractivity contribution >= 4 is 28.9 Å². The Morgan fingerprint density at radius 3 is 2.41 bits per heavy atom. The lowest BCUT2D eigenvalue weighted by Crippen LogP contribution is -2.42. The Hall–Kier alpha value is -2.28. The fourth-order valence-electron chi connectivity index (χ4n) is 3.92. The minimum atomic E-state index is -4.87. The molecule has 32 heavy (non-hydrogen) atoms. The molecule has 0 N–H and O–H groups in total. The molecule has 0 saturated heterocycles. The van der Waals surface area contributed by atoms with Crippen LogP contribution in [0.1, 0.15) is 44.0 Å². The van der Waals surface area contributed by atoms with Gasteiger partial charge in [-0.3, -0.25) is 9.78 Å². The SMILES string of the molecule is CN(c1ccc(CCC(C)(C)C)nc1)c1c(Cl)ccc2c1CCN(C(=O)C(F)(F)F)CC2. The predicted octanol–water partition coefficient (Wildman–Crippen LogP) is 5.97. The summed E-state index contributed by atoms with van der Waals surface area (Å²) in [7, 11) is 1.87. The standard InChI is InChI=1S/C24H29ClF3N3O/c1-23(2,3)12-9-17-6-7-18(15-29-17)30(4)21-19-11-14-31(22(32)24(26,27)28)13-10-16(19)5-8-20(21)25/h5-8,15H,9-14H2,1-4H3. The van der Waals surface area contributed by atoms with Crippen LogP contribution in [-0.4, -0.2) is 42.1 Å². The van der Waals surface area contributed by atoms with E-state index in [0.717, 1.165) is 45.9 Å². The Morgan fingerprint density at radius 1 is 1.12 bits per heavy atom. The number of anilines is 2. The molecule has 1 amide bonds. The summed E-state index contributed by atoms with van der Waals surface area (Å²) in [6.07, 6.45) is -0.510. The van der Waals surface area contributed by atoms with Crippen LogP contribution in [0.5, 0.6) is 0 Å². The first kappa shape index (κ1) is 24.4. The highest BCUT2D eigenvalue weighted by Gasteiger charge is 2.42. The molecular weight excluding hydrogens is 439 g/mol. The Bertz CT molecular complexity index is 968. The smallest absolute Gasteiger partial charge is 0.342 e. The Balaban J connectivity index is 1.83. The van der Waals surface area contributed by atoms with Gasteiger partial charge in [-0.05, 0) is 60.4 Å². The maximum Gasteiger partial charge on any atom is 0.471 e. The van der Waals surface area contributed by atoms with Gasteiger partial charge >= 0.3 is 12.1 Å². The van der Waals surface area contributed by atoms with Gasteiger partial charge in [0.15, 0.2) is 0 Å². The average Bonchev–Trinajstić information content (AvgIpc) is 2.93. The summed E-state index contributed by atoms with van der Waals surface area (Å²) in [6.45, 7) is 6.61. The predicted molar refractivity (Wildman–Crippen MR) is 122 cm³/mol. The quantitative estimate of drug-likeness (QED) is 0.555. The van der Waals surface area contributed by atoms with Crippen LogP contribution in [0.25, 0.3) is 0 Å². The first-order valence-electron chi connectivity index (χ1n) is 10.7. The van der Waals surface area contributed by atoms with Crippen LogP contribution in [0.3, 0.4) is 0 Å². The summed E-state index contributed by atoms with van der Waals surface area (Å²) in [5, 5.41) is 0.513. The molecule has 0 spiro atoms. The number of nitrogens with zero attached hydrogens (tertiary/aromatic N) is 3. The number of rotatable bonds is 4. The largest absolute Gasteiger partial charge is 0.471 e. The van der Waals surface area contributed by atoms with Gasteiger partial charge in [0.2, 0.25) is 0 Å².